The zero-order valence-electron chi connectivity index (χ0n) is 11.9. The lowest BCUT2D eigenvalue weighted by Crippen LogP contribution is -2.18. The SMILES string of the molecule is COc1cc(NCC2CC3C=CC2C3)c(OC)cc1Cl. The van der Waals surface area contributed by atoms with Crippen LogP contribution in [0.15, 0.2) is 24.3 Å². The summed E-state index contributed by atoms with van der Waals surface area (Å²) in [5, 5.41) is 4.06. The number of allylic oxidation sites excluding steroid dienone is 2. The average molecular weight is 294 g/mol. The Hall–Kier alpha value is -1.35. The summed E-state index contributed by atoms with van der Waals surface area (Å²) in [4.78, 5) is 0. The summed E-state index contributed by atoms with van der Waals surface area (Å²) in [5.74, 6) is 3.69. The van der Waals surface area contributed by atoms with E-state index in [0.29, 0.717) is 10.8 Å². The van der Waals surface area contributed by atoms with Crippen LogP contribution in [0.2, 0.25) is 5.02 Å². The van der Waals surface area contributed by atoms with Gasteiger partial charge in [0.1, 0.15) is 11.5 Å². The predicted molar refractivity (Wildman–Crippen MR) is 81.9 cm³/mol. The first kappa shape index (κ1) is 13.6. The van der Waals surface area contributed by atoms with Crippen LogP contribution in [-0.4, -0.2) is 20.8 Å². The number of fused-ring (bicyclic) bond motifs is 2. The maximum atomic E-state index is 6.12. The third-order valence-electron chi connectivity index (χ3n) is 4.45. The van der Waals surface area contributed by atoms with Gasteiger partial charge < -0.3 is 14.8 Å². The van der Waals surface area contributed by atoms with Crippen molar-refractivity contribution in [3.05, 3.63) is 29.3 Å². The number of ether oxygens (including phenoxy) is 2. The van der Waals surface area contributed by atoms with E-state index in [1.54, 1.807) is 20.3 Å². The maximum Gasteiger partial charge on any atom is 0.143 e. The Morgan fingerprint density at radius 2 is 1.95 bits per heavy atom. The highest BCUT2D eigenvalue weighted by Crippen LogP contribution is 2.44. The van der Waals surface area contributed by atoms with Crippen LogP contribution < -0.4 is 14.8 Å². The summed E-state index contributed by atoms with van der Waals surface area (Å²) in [6.45, 7) is 0.965. The molecule has 3 atom stereocenters. The molecule has 1 aromatic carbocycles. The number of hydrogen-bond acceptors (Lipinski definition) is 3. The average Bonchev–Trinajstić information content (AvgIpc) is 3.08. The molecule has 20 heavy (non-hydrogen) atoms. The second kappa shape index (κ2) is 5.57. The zero-order valence-corrected chi connectivity index (χ0v) is 12.6. The molecule has 108 valence electrons. The second-order valence-electron chi connectivity index (χ2n) is 5.61. The monoisotopic (exact) mass is 293 g/mol. The molecule has 2 aliphatic rings. The fourth-order valence-corrected chi connectivity index (χ4v) is 3.60. The lowest BCUT2D eigenvalue weighted by Gasteiger charge is -2.20. The van der Waals surface area contributed by atoms with E-state index < -0.39 is 0 Å². The van der Waals surface area contributed by atoms with Crippen molar-refractivity contribution in [3.8, 4) is 11.5 Å². The van der Waals surface area contributed by atoms with Gasteiger partial charge in [0.15, 0.2) is 0 Å². The summed E-state index contributed by atoms with van der Waals surface area (Å²) >= 11 is 6.12. The molecule has 2 aliphatic carbocycles. The molecule has 3 nitrogen and oxygen atoms in total. The summed E-state index contributed by atoms with van der Waals surface area (Å²) in [6, 6.07) is 3.70. The van der Waals surface area contributed by atoms with Gasteiger partial charge in [-0.2, -0.15) is 0 Å². The Labute approximate surface area is 124 Å². The van der Waals surface area contributed by atoms with Gasteiger partial charge in [-0.15, -0.1) is 0 Å². The number of methoxy groups -OCH3 is 2. The highest BCUT2D eigenvalue weighted by molar-refractivity contribution is 6.32. The molecule has 4 heteroatoms. The highest BCUT2D eigenvalue weighted by atomic mass is 35.5. The fourth-order valence-electron chi connectivity index (χ4n) is 3.37. The van der Waals surface area contributed by atoms with E-state index in [2.05, 4.69) is 17.5 Å². The van der Waals surface area contributed by atoms with Gasteiger partial charge in [0, 0.05) is 18.7 Å². The van der Waals surface area contributed by atoms with E-state index in [1.165, 1.54) is 12.8 Å². The first-order valence-electron chi connectivity index (χ1n) is 7.05. The predicted octanol–water partition coefficient (Wildman–Crippen LogP) is 3.98. The molecule has 1 fully saturated rings. The molecule has 2 bridgehead atoms. The molecule has 0 saturated heterocycles. The van der Waals surface area contributed by atoms with Gasteiger partial charge in [0.2, 0.25) is 0 Å². The van der Waals surface area contributed by atoms with Crippen LogP contribution >= 0.6 is 11.6 Å². The molecule has 3 rings (SSSR count). The minimum absolute atomic E-state index is 0.567. The number of rotatable bonds is 5. The summed E-state index contributed by atoms with van der Waals surface area (Å²) in [6.07, 6.45) is 7.36. The third kappa shape index (κ3) is 2.47. The Balaban J connectivity index is 1.71. The second-order valence-corrected chi connectivity index (χ2v) is 6.02. The summed E-state index contributed by atoms with van der Waals surface area (Å²) in [5.41, 5.74) is 0.945. The maximum absolute atomic E-state index is 6.12. The van der Waals surface area contributed by atoms with Gasteiger partial charge >= 0.3 is 0 Å². The van der Waals surface area contributed by atoms with Crippen molar-refractivity contribution in [3.63, 3.8) is 0 Å². The van der Waals surface area contributed by atoms with E-state index in [9.17, 15) is 0 Å². The van der Waals surface area contributed by atoms with Gasteiger partial charge in [0.05, 0.1) is 24.9 Å². The number of halogens is 1. The quantitative estimate of drug-likeness (QED) is 0.833. The van der Waals surface area contributed by atoms with Gasteiger partial charge in [0.25, 0.3) is 0 Å². The number of anilines is 1. The largest absolute Gasteiger partial charge is 0.495 e. The minimum Gasteiger partial charge on any atom is -0.495 e. The molecule has 1 saturated carbocycles. The van der Waals surface area contributed by atoms with Crippen molar-refractivity contribution in [1.29, 1.82) is 0 Å². The van der Waals surface area contributed by atoms with E-state index in [4.69, 9.17) is 21.1 Å². The van der Waals surface area contributed by atoms with Crippen LogP contribution in [0.4, 0.5) is 5.69 Å². The molecule has 0 spiro atoms. The Kier molecular flexibility index (Phi) is 3.79. The van der Waals surface area contributed by atoms with E-state index in [1.807, 2.05) is 6.07 Å². The van der Waals surface area contributed by atoms with Crippen molar-refractivity contribution in [2.24, 2.45) is 17.8 Å². The zero-order chi connectivity index (χ0) is 14.1. The molecular formula is C16H20ClNO2. The topological polar surface area (TPSA) is 30.5 Å². The molecule has 1 aromatic rings. The molecule has 0 aromatic heterocycles. The van der Waals surface area contributed by atoms with Crippen molar-refractivity contribution < 1.29 is 9.47 Å². The van der Waals surface area contributed by atoms with Gasteiger partial charge in [-0.3, -0.25) is 0 Å². The smallest absolute Gasteiger partial charge is 0.143 e. The van der Waals surface area contributed by atoms with Gasteiger partial charge in [-0.05, 0) is 30.6 Å². The third-order valence-corrected chi connectivity index (χ3v) is 4.74. The van der Waals surface area contributed by atoms with Gasteiger partial charge in [-0.1, -0.05) is 23.8 Å². The summed E-state index contributed by atoms with van der Waals surface area (Å²) in [7, 11) is 3.28. The van der Waals surface area contributed by atoms with E-state index in [0.717, 1.165) is 35.7 Å². The van der Waals surface area contributed by atoms with Crippen LogP contribution in [-0.2, 0) is 0 Å². The molecule has 0 radical (unpaired) electrons. The molecule has 1 N–H and O–H groups in total. The minimum atomic E-state index is 0.567. The fraction of sp³-hybridized carbons (Fsp3) is 0.500. The van der Waals surface area contributed by atoms with Gasteiger partial charge in [-0.25, -0.2) is 0 Å². The van der Waals surface area contributed by atoms with Crippen molar-refractivity contribution in [2.75, 3.05) is 26.1 Å². The Morgan fingerprint density at radius 1 is 1.15 bits per heavy atom. The summed E-state index contributed by atoms with van der Waals surface area (Å²) < 4.78 is 10.7. The van der Waals surface area contributed by atoms with Crippen LogP contribution in [0.25, 0.3) is 0 Å². The van der Waals surface area contributed by atoms with Crippen molar-refractivity contribution >= 4 is 17.3 Å². The lowest BCUT2D eigenvalue weighted by atomic mass is 9.93. The molecule has 0 aliphatic heterocycles. The number of benzene rings is 1. The number of nitrogens with one attached hydrogen (secondary N) is 1. The normalized spacial score (nSPS) is 26.9. The lowest BCUT2D eigenvalue weighted by molar-refractivity contribution is 0.403. The Morgan fingerprint density at radius 3 is 2.55 bits per heavy atom. The first-order chi connectivity index (χ1) is 9.71. The molecular weight excluding hydrogens is 274 g/mol. The van der Waals surface area contributed by atoms with E-state index in [-0.39, 0.29) is 0 Å². The standard InChI is InChI=1S/C16H20ClNO2/c1-19-15-8-14(16(20-2)7-13(15)17)18-9-12-6-10-3-4-11(12)5-10/h3-4,7-8,10-12,18H,5-6,9H2,1-2H3. The molecule has 0 amide bonds. The van der Waals surface area contributed by atoms with Crippen LogP contribution in [0.3, 0.4) is 0 Å². The molecule has 3 unspecified atom stereocenters. The molecule has 0 heterocycles. The van der Waals surface area contributed by atoms with Crippen LogP contribution in [0.5, 0.6) is 11.5 Å². The van der Waals surface area contributed by atoms with Crippen molar-refractivity contribution in [1.82, 2.24) is 0 Å². The highest BCUT2D eigenvalue weighted by Gasteiger charge is 2.35. The number of hydrogen-bond donors (Lipinski definition) is 1. The van der Waals surface area contributed by atoms with Crippen molar-refractivity contribution in [2.45, 2.75) is 12.8 Å². The Bertz CT molecular complexity index is 529. The first-order valence-corrected chi connectivity index (χ1v) is 7.42. The van der Waals surface area contributed by atoms with Crippen LogP contribution in [0, 0.1) is 17.8 Å². The van der Waals surface area contributed by atoms with E-state index >= 15 is 0 Å². The van der Waals surface area contributed by atoms with Crippen LogP contribution in [0.1, 0.15) is 12.8 Å².